The van der Waals surface area contributed by atoms with Gasteiger partial charge in [0.05, 0.1) is 23.0 Å². The Morgan fingerprint density at radius 3 is 2.94 bits per heavy atom. The highest BCUT2D eigenvalue weighted by molar-refractivity contribution is 7.91. The Kier molecular flexibility index (Phi) is 3.17. The van der Waals surface area contributed by atoms with E-state index in [0.717, 1.165) is 0 Å². The van der Waals surface area contributed by atoms with Gasteiger partial charge in [-0.2, -0.15) is 5.26 Å². The lowest BCUT2D eigenvalue weighted by atomic mass is 10.1. The van der Waals surface area contributed by atoms with Crippen molar-refractivity contribution in [1.29, 1.82) is 5.26 Å². The number of carbonyl (C=O) groups excluding carboxylic acids is 1. The van der Waals surface area contributed by atoms with Gasteiger partial charge in [-0.3, -0.25) is 4.79 Å². The molecule has 2 heterocycles. The van der Waals surface area contributed by atoms with Crippen molar-refractivity contribution in [2.75, 3.05) is 16.8 Å². The number of anilines is 1. The van der Waals surface area contributed by atoms with Gasteiger partial charge in [-0.05, 0) is 17.9 Å². The maximum Gasteiger partial charge on any atom is 0.229 e. The molecule has 0 spiro atoms. The third kappa shape index (κ3) is 2.65. The summed E-state index contributed by atoms with van der Waals surface area (Å²) >= 11 is 1.26. The van der Waals surface area contributed by atoms with Crippen molar-refractivity contribution in [3.63, 3.8) is 0 Å². The van der Waals surface area contributed by atoms with Crippen LogP contribution in [0.3, 0.4) is 0 Å². The normalized spacial score (nSPS) is 21.9. The first-order valence-electron chi connectivity index (χ1n) is 5.01. The summed E-state index contributed by atoms with van der Waals surface area (Å²) in [6, 6.07) is 3.58. The lowest BCUT2D eigenvalue weighted by Crippen LogP contribution is -2.23. The molecular formula is C10H10N2O3S2. The zero-order valence-electron chi connectivity index (χ0n) is 8.84. The van der Waals surface area contributed by atoms with Gasteiger partial charge in [-0.15, -0.1) is 11.3 Å². The van der Waals surface area contributed by atoms with E-state index in [4.69, 9.17) is 5.26 Å². The van der Waals surface area contributed by atoms with E-state index in [1.54, 1.807) is 11.4 Å². The van der Waals surface area contributed by atoms with Gasteiger partial charge in [-0.1, -0.05) is 0 Å². The lowest BCUT2D eigenvalue weighted by Gasteiger charge is -2.07. The van der Waals surface area contributed by atoms with E-state index in [-0.39, 0.29) is 17.4 Å². The molecule has 1 unspecified atom stereocenters. The van der Waals surface area contributed by atoms with E-state index >= 15 is 0 Å². The van der Waals surface area contributed by atoms with Gasteiger partial charge < -0.3 is 5.32 Å². The van der Waals surface area contributed by atoms with Gasteiger partial charge in [0.2, 0.25) is 5.91 Å². The quantitative estimate of drug-likeness (QED) is 0.868. The molecule has 0 aromatic carbocycles. The zero-order valence-corrected chi connectivity index (χ0v) is 10.5. The van der Waals surface area contributed by atoms with E-state index in [2.05, 4.69) is 5.32 Å². The zero-order chi connectivity index (χ0) is 12.5. The van der Waals surface area contributed by atoms with Crippen LogP contribution in [0.15, 0.2) is 11.4 Å². The molecule has 0 radical (unpaired) electrons. The summed E-state index contributed by atoms with van der Waals surface area (Å²) in [4.78, 5) is 11.8. The van der Waals surface area contributed by atoms with Crippen LogP contribution in [0, 0.1) is 17.2 Å². The standard InChI is InChI=1S/C10H10N2O3S2/c11-5-7-1-3-16-10(7)12-9(13)8-2-4-17(14,15)6-8/h1,3,8H,2,4,6H2,(H,12,13). The van der Waals surface area contributed by atoms with E-state index in [0.29, 0.717) is 17.0 Å². The molecule has 1 amide bonds. The molecule has 1 N–H and O–H groups in total. The van der Waals surface area contributed by atoms with Gasteiger partial charge in [0, 0.05) is 0 Å². The highest BCUT2D eigenvalue weighted by Gasteiger charge is 2.33. The molecule has 0 saturated carbocycles. The summed E-state index contributed by atoms with van der Waals surface area (Å²) in [5, 5.41) is 13.6. The van der Waals surface area contributed by atoms with E-state index < -0.39 is 15.8 Å². The monoisotopic (exact) mass is 270 g/mol. The van der Waals surface area contributed by atoms with Crippen LogP contribution in [0.25, 0.3) is 0 Å². The van der Waals surface area contributed by atoms with Gasteiger partial charge in [0.15, 0.2) is 9.84 Å². The van der Waals surface area contributed by atoms with Crippen molar-refractivity contribution in [3.8, 4) is 6.07 Å². The number of thiophene rings is 1. The molecule has 17 heavy (non-hydrogen) atoms. The van der Waals surface area contributed by atoms with Gasteiger partial charge >= 0.3 is 0 Å². The molecular weight excluding hydrogens is 260 g/mol. The minimum atomic E-state index is -3.06. The molecule has 7 heteroatoms. The molecule has 90 valence electrons. The van der Waals surface area contributed by atoms with Crippen molar-refractivity contribution in [2.24, 2.45) is 5.92 Å². The SMILES string of the molecule is N#Cc1ccsc1NC(=O)C1CCS(=O)(=O)C1. The number of hydrogen-bond acceptors (Lipinski definition) is 5. The Bertz CT molecular complexity index is 583. The Morgan fingerprint density at radius 1 is 1.59 bits per heavy atom. The second kappa shape index (κ2) is 4.47. The van der Waals surface area contributed by atoms with Crippen molar-refractivity contribution in [2.45, 2.75) is 6.42 Å². The predicted octanol–water partition coefficient (Wildman–Crippen LogP) is 0.993. The van der Waals surface area contributed by atoms with Crippen LogP contribution in [0.1, 0.15) is 12.0 Å². The van der Waals surface area contributed by atoms with E-state index in [1.807, 2.05) is 6.07 Å². The fraction of sp³-hybridized carbons (Fsp3) is 0.400. The summed E-state index contributed by atoms with van der Waals surface area (Å²) in [6.45, 7) is 0. The number of rotatable bonds is 2. The minimum Gasteiger partial charge on any atom is -0.316 e. The largest absolute Gasteiger partial charge is 0.316 e. The number of carbonyl (C=O) groups is 1. The summed E-state index contributed by atoms with van der Waals surface area (Å²) < 4.78 is 22.5. The first-order valence-corrected chi connectivity index (χ1v) is 7.71. The van der Waals surface area contributed by atoms with Crippen LogP contribution in [0.5, 0.6) is 0 Å². The van der Waals surface area contributed by atoms with Crippen molar-refractivity contribution >= 4 is 32.1 Å². The summed E-state index contributed by atoms with van der Waals surface area (Å²) in [5.41, 5.74) is 0.407. The fourth-order valence-electron chi connectivity index (χ4n) is 1.71. The first-order chi connectivity index (χ1) is 8.02. The summed E-state index contributed by atoms with van der Waals surface area (Å²) in [6.07, 6.45) is 0.363. The second-order valence-electron chi connectivity index (χ2n) is 3.86. The highest BCUT2D eigenvalue weighted by Crippen LogP contribution is 2.25. The molecule has 1 aliphatic heterocycles. The third-order valence-corrected chi connectivity index (χ3v) is 5.22. The minimum absolute atomic E-state index is 0.0701. The van der Waals surface area contributed by atoms with Crippen molar-refractivity contribution in [1.82, 2.24) is 0 Å². The van der Waals surface area contributed by atoms with E-state index in [9.17, 15) is 13.2 Å². The Labute approximate surface area is 103 Å². The Morgan fingerprint density at radius 2 is 2.35 bits per heavy atom. The fourth-order valence-corrected chi connectivity index (χ4v) is 4.19. The van der Waals surface area contributed by atoms with Gasteiger partial charge in [0.25, 0.3) is 0 Å². The maximum atomic E-state index is 11.8. The molecule has 1 fully saturated rings. The van der Waals surface area contributed by atoms with Crippen LogP contribution in [0.2, 0.25) is 0 Å². The smallest absolute Gasteiger partial charge is 0.229 e. The topological polar surface area (TPSA) is 87.0 Å². The van der Waals surface area contributed by atoms with Crippen LogP contribution >= 0.6 is 11.3 Å². The maximum absolute atomic E-state index is 11.8. The molecule has 1 saturated heterocycles. The predicted molar refractivity (Wildman–Crippen MR) is 64.4 cm³/mol. The number of nitriles is 1. The average Bonchev–Trinajstić information content (AvgIpc) is 2.84. The Hall–Kier alpha value is -1.39. The second-order valence-corrected chi connectivity index (χ2v) is 7.01. The number of sulfone groups is 1. The number of hydrogen-bond donors (Lipinski definition) is 1. The molecule has 2 rings (SSSR count). The molecule has 1 atom stereocenters. The molecule has 1 aromatic heterocycles. The average molecular weight is 270 g/mol. The molecule has 0 bridgehead atoms. The van der Waals surface area contributed by atoms with Crippen LogP contribution in [-0.4, -0.2) is 25.8 Å². The molecule has 1 aromatic rings. The third-order valence-electron chi connectivity index (χ3n) is 2.63. The van der Waals surface area contributed by atoms with Gasteiger partial charge in [0.1, 0.15) is 11.1 Å². The van der Waals surface area contributed by atoms with Crippen LogP contribution < -0.4 is 5.32 Å². The molecule has 0 aliphatic carbocycles. The van der Waals surface area contributed by atoms with E-state index in [1.165, 1.54) is 11.3 Å². The first kappa shape index (κ1) is 12.1. The number of nitrogens with zero attached hydrogens (tertiary/aromatic N) is 1. The van der Waals surface area contributed by atoms with Crippen LogP contribution in [-0.2, 0) is 14.6 Å². The van der Waals surface area contributed by atoms with Crippen molar-refractivity contribution in [3.05, 3.63) is 17.0 Å². The van der Waals surface area contributed by atoms with Crippen LogP contribution in [0.4, 0.5) is 5.00 Å². The molecule has 5 nitrogen and oxygen atoms in total. The summed E-state index contributed by atoms with van der Waals surface area (Å²) in [7, 11) is -3.06. The Balaban J connectivity index is 2.06. The van der Waals surface area contributed by atoms with Crippen molar-refractivity contribution < 1.29 is 13.2 Å². The number of amides is 1. The number of nitrogens with one attached hydrogen (secondary N) is 1. The summed E-state index contributed by atoms with van der Waals surface area (Å²) in [5.74, 6) is -0.828. The molecule has 1 aliphatic rings. The lowest BCUT2D eigenvalue weighted by molar-refractivity contribution is -0.119. The van der Waals surface area contributed by atoms with Gasteiger partial charge in [-0.25, -0.2) is 8.42 Å². The highest BCUT2D eigenvalue weighted by atomic mass is 32.2.